The fourth-order valence-corrected chi connectivity index (χ4v) is 2.05. The normalized spacial score (nSPS) is 10.3. The average Bonchev–Trinajstić information content (AvgIpc) is 2.54. The number of rotatable bonds is 8. The number of hydrogen-bond acceptors (Lipinski definition) is 4. The molecular formula is C16H22F3NO2S. The van der Waals surface area contributed by atoms with Crippen molar-refractivity contribution in [3.05, 3.63) is 23.8 Å². The van der Waals surface area contributed by atoms with Crippen LogP contribution < -0.4 is 10.1 Å². The maximum absolute atomic E-state index is 11.8. The number of ether oxygens (including phenoxy) is 1. The van der Waals surface area contributed by atoms with E-state index in [1.807, 2.05) is 13.8 Å². The lowest BCUT2D eigenvalue weighted by Crippen LogP contribution is -2.14. The van der Waals surface area contributed by atoms with E-state index in [0.29, 0.717) is 24.5 Å². The Bertz CT molecular complexity index is 487. The molecule has 130 valence electrons. The third kappa shape index (κ3) is 9.97. The summed E-state index contributed by atoms with van der Waals surface area (Å²) in [5.74, 6) is 3.65. The minimum Gasteiger partial charge on any atom is -0.495 e. The topological polar surface area (TPSA) is 30.5 Å². The molecule has 0 aliphatic rings. The highest BCUT2D eigenvalue weighted by atomic mass is 32.2. The van der Waals surface area contributed by atoms with E-state index in [9.17, 15) is 13.2 Å². The van der Waals surface area contributed by atoms with Gasteiger partial charge in [0.25, 0.3) is 0 Å². The lowest BCUT2D eigenvalue weighted by Gasteiger charge is -2.11. The van der Waals surface area contributed by atoms with Gasteiger partial charge in [-0.05, 0) is 36.7 Å². The number of alkyl halides is 3. The van der Waals surface area contributed by atoms with Crippen LogP contribution in [0.15, 0.2) is 18.2 Å². The minimum atomic E-state index is -4.28. The summed E-state index contributed by atoms with van der Waals surface area (Å²) < 4.78 is 45.1. The second-order valence-corrected chi connectivity index (χ2v) is 4.92. The Hall–Kier alpha value is -1.52. The molecule has 1 rings (SSSR count). The third-order valence-corrected chi connectivity index (χ3v) is 3.13. The van der Waals surface area contributed by atoms with Gasteiger partial charge in [-0.1, -0.05) is 19.8 Å². The molecule has 0 aromatic heterocycles. The lowest BCUT2D eigenvalue weighted by molar-refractivity contribution is -0.150. The zero-order valence-corrected chi connectivity index (χ0v) is 14.3. The van der Waals surface area contributed by atoms with E-state index < -0.39 is 12.8 Å². The molecule has 0 bridgehead atoms. The fourth-order valence-electron chi connectivity index (χ4n) is 1.46. The molecule has 0 aliphatic heterocycles. The van der Waals surface area contributed by atoms with Crippen LogP contribution in [0.5, 0.6) is 5.75 Å². The van der Waals surface area contributed by atoms with Gasteiger partial charge in [0.15, 0.2) is 6.61 Å². The van der Waals surface area contributed by atoms with Crippen LogP contribution in [0.25, 0.3) is 0 Å². The maximum Gasteiger partial charge on any atom is 0.413 e. The quantitative estimate of drug-likeness (QED) is 0.417. The minimum absolute atomic E-state index is 0.459. The third-order valence-electron chi connectivity index (χ3n) is 2.39. The smallest absolute Gasteiger partial charge is 0.413 e. The van der Waals surface area contributed by atoms with E-state index in [0.717, 1.165) is 23.3 Å². The molecule has 0 aliphatic carbocycles. The molecule has 0 spiro atoms. The molecule has 0 amide bonds. The summed E-state index contributed by atoms with van der Waals surface area (Å²) in [5.41, 5.74) is 1.48. The molecule has 7 heteroatoms. The van der Waals surface area contributed by atoms with Gasteiger partial charge in [0.05, 0.1) is 12.8 Å². The Balaban J connectivity index is 0.00000232. The second-order valence-electron chi connectivity index (χ2n) is 4.04. The number of benzene rings is 1. The van der Waals surface area contributed by atoms with Gasteiger partial charge in [0, 0.05) is 17.9 Å². The Kier molecular flexibility index (Phi) is 11.2. The zero-order valence-electron chi connectivity index (χ0n) is 13.5. The first-order valence-electron chi connectivity index (χ1n) is 7.16. The van der Waals surface area contributed by atoms with Gasteiger partial charge < -0.3 is 14.2 Å². The number of halogens is 3. The van der Waals surface area contributed by atoms with Gasteiger partial charge in [-0.3, -0.25) is 0 Å². The number of nitrogens with one attached hydrogen (secondary N) is 1. The first kappa shape index (κ1) is 21.5. The summed E-state index contributed by atoms with van der Waals surface area (Å²) >= 11 is 0.809. The second kappa shape index (κ2) is 12.0. The van der Waals surface area contributed by atoms with Crippen LogP contribution in [0.3, 0.4) is 0 Å². The van der Waals surface area contributed by atoms with Crippen molar-refractivity contribution < 1.29 is 22.1 Å². The van der Waals surface area contributed by atoms with Crippen LogP contribution in [0.2, 0.25) is 0 Å². The Morgan fingerprint density at radius 1 is 1.30 bits per heavy atom. The summed E-state index contributed by atoms with van der Waals surface area (Å²) in [7, 11) is 1.55. The summed E-state index contributed by atoms with van der Waals surface area (Å²) in [6.07, 6.45) is 1.69. The van der Waals surface area contributed by atoms with E-state index in [4.69, 9.17) is 11.2 Å². The van der Waals surface area contributed by atoms with Gasteiger partial charge in [-0.15, -0.1) is 6.42 Å². The monoisotopic (exact) mass is 349 g/mol. The predicted molar refractivity (Wildman–Crippen MR) is 89.8 cm³/mol. The Morgan fingerprint density at radius 3 is 2.57 bits per heavy atom. The van der Waals surface area contributed by atoms with Crippen LogP contribution in [-0.2, 0) is 4.18 Å². The summed E-state index contributed by atoms with van der Waals surface area (Å²) in [4.78, 5) is 0. The highest BCUT2D eigenvalue weighted by molar-refractivity contribution is 7.94. The van der Waals surface area contributed by atoms with Gasteiger partial charge >= 0.3 is 6.18 Å². The first-order valence-corrected chi connectivity index (χ1v) is 8.07. The molecule has 0 atom stereocenters. The van der Waals surface area contributed by atoms with E-state index in [-0.39, 0.29) is 0 Å². The lowest BCUT2D eigenvalue weighted by atomic mass is 10.2. The Labute approximate surface area is 140 Å². The van der Waals surface area contributed by atoms with Crippen LogP contribution in [-0.4, -0.2) is 32.2 Å². The molecular weight excluding hydrogens is 327 g/mol. The molecule has 0 radical (unpaired) electrons. The predicted octanol–water partition coefficient (Wildman–Crippen LogP) is 4.73. The van der Waals surface area contributed by atoms with Crippen molar-refractivity contribution in [1.82, 2.24) is 0 Å². The van der Waals surface area contributed by atoms with Crippen molar-refractivity contribution in [1.29, 1.82) is 0 Å². The molecule has 3 nitrogen and oxygen atoms in total. The Morgan fingerprint density at radius 2 is 2.00 bits per heavy atom. The van der Waals surface area contributed by atoms with Crippen molar-refractivity contribution in [2.45, 2.75) is 26.4 Å². The van der Waals surface area contributed by atoms with Gasteiger partial charge in [0.1, 0.15) is 5.75 Å². The van der Waals surface area contributed by atoms with Crippen LogP contribution in [0.4, 0.5) is 18.9 Å². The average molecular weight is 349 g/mol. The van der Waals surface area contributed by atoms with Crippen molar-refractivity contribution in [2.24, 2.45) is 0 Å². The molecule has 0 fully saturated rings. The van der Waals surface area contributed by atoms with Gasteiger partial charge in [0.2, 0.25) is 0 Å². The number of methoxy groups -OCH3 is 1. The fraction of sp³-hybridized carbons (Fsp3) is 0.500. The highest BCUT2D eigenvalue weighted by Crippen LogP contribution is 2.25. The van der Waals surface area contributed by atoms with E-state index >= 15 is 0 Å². The highest BCUT2D eigenvalue weighted by Gasteiger charge is 2.27. The first-order chi connectivity index (χ1) is 11.0. The van der Waals surface area contributed by atoms with E-state index in [1.165, 1.54) is 0 Å². The van der Waals surface area contributed by atoms with Crippen LogP contribution in [0.1, 0.15) is 25.8 Å². The van der Waals surface area contributed by atoms with Gasteiger partial charge in [-0.25, -0.2) is 0 Å². The summed E-state index contributed by atoms with van der Waals surface area (Å²) in [6.45, 7) is 3.34. The SMILES string of the molecule is C#Cc1ccc(OC)c(NCCCSOCC(F)(F)F)c1.CC. The molecule has 1 aromatic rings. The zero-order chi connectivity index (χ0) is 17.7. The number of anilines is 1. The van der Waals surface area contributed by atoms with E-state index in [1.54, 1.807) is 25.3 Å². The van der Waals surface area contributed by atoms with Gasteiger partial charge in [-0.2, -0.15) is 13.2 Å². The molecule has 0 heterocycles. The number of terminal acetylenes is 1. The molecule has 1 N–H and O–H groups in total. The van der Waals surface area contributed by atoms with Crippen molar-refractivity contribution >= 4 is 17.7 Å². The summed E-state index contributed by atoms with van der Waals surface area (Å²) in [5, 5.41) is 3.13. The molecule has 23 heavy (non-hydrogen) atoms. The van der Waals surface area contributed by atoms with Crippen LogP contribution >= 0.6 is 12.0 Å². The molecule has 0 unspecified atom stereocenters. The van der Waals surface area contributed by atoms with E-state index in [2.05, 4.69) is 15.4 Å². The van der Waals surface area contributed by atoms with Crippen LogP contribution in [0, 0.1) is 12.3 Å². The maximum atomic E-state index is 11.8. The standard InChI is InChI=1S/C14H16F3NO2S.C2H6/c1-3-11-5-6-13(19-2)12(9-11)18-7-4-8-21-20-10-14(15,16)17;1-2/h1,5-6,9,18H,4,7-8,10H2,2H3;1-2H3. The molecule has 1 aromatic carbocycles. The largest absolute Gasteiger partial charge is 0.495 e. The van der Waals surface area contributed by atoms with Crippen molar-refractivity contribution in [3.8, 4) is 18.1 Å². The van der Waals surface area contributed by atoms with Crippen molar-refractivity contribution in [2.75, 3.05) is 31.3 Å². The van der Waals surface area contributed by atoms with Crippen molar-refractivity contribution in [3.63, 3.8) is 0 Å². The number of hydrogen-bond donors (Lipinski definition) is 1. The molecule has 0 saturated carbocycles. The molecule has 0 saturated heterocycles. The summed E-state index contributed by atoms with van der Waals surface area (Å²) in [6, 6.07) is 5.32.